The second kappa shape index (κ2) is 7.93. The van der Waals surface area contributed by atoms with E-state index in [4.69, 9.17) is 16.3 Å². The Labute approximate surface area is 181 Å². The molecule has 0 atom stereocenters. The number of ether oxygens (including phenoxy) is 1. The van der Waals surface area contributed by atoms with Crippen LogP contribution in [0, 0.1) is 13.8 Å². The van der Waals surface area contributed by atoms with E-state index in [0.29, 0.717) is 48.7 Å². The van der Waals surface area contributed by atoms with E-state index >= 15 is 0 Å². The van der Waals surface area contributed by atoms with E-state index in [9.17, 15) is 9.59 Å². The summed E-state index contributed by atoms with van der Waals surface area (Å²) < 4.78 is 7.25. The number of benzene rings is 2. The van der Waals surface area contributed by atoms with Gasteiger partial charge >= 0.3 is 0 Å². The van der Waals surface area contributed by atoms with Gasteiger partial charge < -0.3 is 10.1 Å². The van der Waals surface area contributed by atoms with Crippen LogP contribution in [0.5, 0.6) is 11.5 Å². The lowest BCUT2D eigenvalue weighted by Gasteiger charge is -2.08. The number of carbonyl (C=O) groups excluding carboxylic acids is 1. The first-order valence-corrected chi connectivity index (χ1v) is 10.3. The molecule has 0 saturated carbocycles. The lowest BCUT2D eigenvalue weighted by Crippen LogP contribution is -2.20. The minimum Gasteiger partial charge on any atom is -0.457 e. The van der Waals surface area contributed by atoms with Crippen LogP contribution in [0.4, 0.5) is 5.69 Å². The van der Waals surface area contributed by atoms with E-state index < -0.39 is 0 Å². The summed E-state index contributed by atoms with van der Waals surface area (Å²) >= 11 is 7.10. The number of hydrogen-bond donors (Lipinski definition) is 1. The van der Waals surface area contributed by atoms with Crippen molar-refractivity contribution in [2.75, 3.05) is 5.32 Å². The number of aromatic nitrogens is 2. The second-order valence-corrected chi connectivity index (χ2v) is 8.23. The first kappa shape index (κ1) is 20.1. The number of carbonyl (C=O) groups is 1. The molecule has 2 aromatic carbocycles. The van der Waals surface area contributed by atoms with Crippen LogP contribution in [0.25, 0.3) is 10.2 Å². The third-order valence-electron chi connectivity index (χ3n) is 4.76. The van der Waals surface area contributed by atoms with Crippen molar-refractivity contribution in [3.05, 3.63) is 80.2 Å². The molecule has 2 aromatic heterocycles. The highest BCUT2D eigenvalue weighted by Gasteiger charge is 2.20. The largest absolute Gasteiger partial charge is 0.457 e. The number of rotatable bonds is 4. The summed E-state index contributed by atoms with van der Waals surface area (Å²) in [6, 6.07) is 14.1. The highest BCUT2D eigenvalue weighted by Crippen LogP contribution is 2.29. The van der Waals surface area contributed by atoms with Crippen LogP contribution in [0.15, 0.2) is 53.3 Å². The van der Waals surface area contributed by atoms with E-state index in [2.05, 4.69) is 10.3 Å². The number of thiophene rings is 1. The van der Waals surface area contributed by atoms with Crippen molar-refractivity contribution in [1.29, 1.82) is 0 Å². The Morgan fingerprint density at radius 1 is 1.07 bits per heavy atom. The Kier molecular flexibility index (Phi) is 5.32. The molecule has 0 fully saturated rings. The molecule has 0 spiro atoms. The predicted molar refractivity (Wildman–Crippen MR) is 120 cm³/mol. The van der Waals surface area contributed by atoms with Crippen molar-refractivity contribution in [2.45, 2.75) is 13.8 Å². The molecule has 4 aromatic rings. The first-order chi connectivity index (χ1) is 14.3. The summed E-state index contributed by atoms with van der Waals surface area (Å²) in [5, 5.41) is 4.00. The van der Waals surface area contributed by atoms with E-state index in [1.54, 1.807) is 69.4 Å². The molecule has 1 amide bonds. The normalized spacial score (nSPS) is 10.9. The molecule has 0 bridgehead atoms. The van der Waals surface area contributed by atoms with Crippen molar-refractivity contribution >= 4 is 44.7 Å². The molecule has 4 rings (SSSR count). The average molecular weight is 440 g/mol. The van der Waals surface area contributed by atoms with Gasteiger partial charge in [-0.1, -0.05) is 11.6 Å². The lowest BCUT2D eigenvalue weighted by atomic mass is 10.2. The summed E-state index contributed by atoms with van der Waals surface area (Å²) in [5.74, 6) is 1.64. The number of nitrogens with one attached hydrogen (secondary N) is 1. The molecule has 30 heavy (non-hydrogen) atoms. The van der Waals surface area contributed by atoms with Gasteiger partial charge in [0.1, 0.15) is 22.2 Å². The minimum absolute atomic E-state index is 0.144. The quantitative estimate of drug-likeness (QED) is 0.467. The molecule has 0 saturated heterocycles. The average Bonchev–Trinajstić information content (AvgIpc) is 3.05. The monoisotopic (exact) mass is 439 g/mol. The van der Waals surface area contributed by atoms with Gasteiger partial charge in [0.05, 0.1) is 10.3 Å². The summed E-state index contributed by atoms with van der Waals surface area (Å²) in [6.07, 6.45) is 0. The highest BCUT2D eigenvalue weighted by molar-refractivity contribution is 7.20. The molecule has 0 radical (unpaired) electrons. The fraction of sp³-hybridized carbons (Fsp3) is 0.136. The minimum atomic E-state index is -0.276. The number of amides is 1. The van der Waals surface area contributed by atoms with Gasteiger partial charge in [-0.15, -0.1) is 11.3 Å². The molecule has 0 aliphatic carbocycles. The molecule has 8 heteroatoms. The van der Waals surface area contributed by atoms with Crippen molar-refractivity contribution < 1.29 is 9.53 Å². The van der Waals surface area contributed by atoms with Crippen molar-refractivity contribution in [3.63, 3.8) is 0 Å². The SMILES string of the molecule is Cc1c(C(=O)Nc2ccc(Oc3ccc(Cl)cc3)cc2)sc2nc(C)n(C)c(=O)c12. The van der Waals surface area contributed by atoms with E-state index in [-0.39, 0.29) is 11.5 Å². The van der Waals surface area contributed by atoms with Gasteiger partial charge in [-0.3, -0.25) is 14.2 Å². The van der Waals surface area contributed by atoms with Crippen LogP contribution < -0.4 is 15.6 Å². The van der Waals surface area contributed by atoms with Gasteiger partial charge in [-0.25, -0.2) is 4.98 Å². The molecule has 0 aliphatic rings. The maximum absolute atomic E-state index is 12.8. The highest BCUT2D eigenvalue weighted by atomic mass is 35.5. The van der Waals surface area contributed by atoms with Crippen LogP contribution in [0.3, 0.4) is 0 Å². The fourth-order valence-corrected chi connectivity index (χ4v) is 4.25. The van der Waals surface area contributed by atoms with Crippen LogP contribution in [-0.4, -0.2) is 15.5 Å². The third kappa shape index (κ3) is 3.81. The standard InChI is InChI=1S/C22H18ClN3O3S/c1-12-18-21(24-13(2)26(3)22(18)28)30-19(12)20(27)25-15-6-10-17(11-7-15)29-16-8-4-14(23)5-9-16/h4-11H,1-3H3,(H,25,27). The van der Waals surface area contributed by atoms with E-state index in [0.717, 1.165) is 0 Å². The van der Waals surface area contributed by atoms with E-state index in [1.165, 1.54) is 15.9 Å². The van der Waals surface area contributed by atoms with Gasteiger partial charge in [0, 0.05) is 17.8 Å². The molecular weight excluding hydrogens is 422 g/mol. The topological polar surface area (TPSA) is 73.2 Å². The third-order valence-corrected chi connectivity index (χ3v) is 6.20. The summed E-state index contributed by atoms with van der Waals surface area (Å²) in [4.78, 5) is 30.8. The number of anilines is 1. The van der Waals surface area contributed by atoms with Gasteiger partial charge in [0.15, 0.2) is 0 Å². The number of halogens is 1. The summed E-state index contributed by atoms with van der Waals surface area (Å²) in [6.45, 7) is 3.54. The number of hydrogen-bond acceptors (Lipinski definition) is 5. The molecular formula is C22H18ClN3O3S. The van der Waals surface area contributed by atoms with Crippen molar-refractivity contribution in [1.82, 2.24) is 9.55 Å². The Morgan fingerprint density at radius 2 is 1.67 bits per heavy atom. The van der Waals surface area contributed by atoms with Crippen molar-refractivity contribution in [2.24, 2.45) is 7.05 Å². The van der Waals surface area contributed by atoms with Gasteiger partial charge in [0.25, 0.3) is 11.5 Å². The number of fused-ring (bicyclic) bond motifs is 1. The molecule has 6 nitrogen and oxygen atoms in total. The van der Waals surface area contributed by atoms with Crippen molar-refractivity contribution in [3.8, 4) is 11.5 Å². The van der Waals surface area contributed by atoms with Crippen LogP contribution >= 0.6 is 22.9 Å². The maximum Gasteiger partial charge on any atom is 0.266 e. The Hall–Kier alpha value is -3.16. The molecule has 2 heterocycles. The number of nitrogens with zero attached hydrogens (tertiary/aromatic N) is 2. The molecule has 0 unspecified atom stereocenters. The molecule has 1 N–H and O–H groups in total. The van der Waals surface area contributed by atoms with Gasteiger partial charge in [-0.05, 0) is 67.9 Å². The lowest BCUT2D eigenvalue weighted by molar-refractivity contribution is 0.103. The Balaban J connectivity index is 1.54. The predicted octanol–water partition coefficient (Wildman–Crippen LogP) is 5.31. The summed E-state index contributed by atoms with van der Waals surface area (Å²) in [5.41, 5.74) is 1.12. The molecule has 0 aliphatic heterocycles. The summed E-state index contributed by atoms with van der Waals surface area (Å²) in [7, 11) is 1.68. The smallest absolute Gasteiger partial charge is 0.266 e. The van der Waals surface area contributed by atoms with Crippen LogP contribution in [-0.2, 0) is 7.05 Å². The maximum atomic E-state index is 12.8. The fourth-order valence-electron chi connectivity index (χ4n) is 3.01. The van der Waals surface area contributed by atoms with E-state index in [1.807, 2.05) is 0 Å². The van der Waals surface area contributed by atoms with Crippen LogP contribution in [0.1, 0.15) is 21.1 Å². The zero-order valence-electron chi connectivity index (χ0n) is 16.5. The Morgan fingerprint density at radius 3 is 2.30 bits per heavy atom. The zero-order chi connectivity index (χ0) is 21.4. The molecule has 152 valence electrons. The Bertz CT molecular complexity index is 1310. The number of aryl methyl sites for hydroxylation is 2. The van der Waals surface area contributed by atoms with Gasteiger partial charge in [-0.2, -0.15) is 0 Å². The first-order valence-electron chi connectivity index (χ1n) is 9.15. The van der Waals surface area contributed by atoms with Gasteiger partial charge in [0.2, 0.25) is 0 Å². The second-order valence-electron chi connectivity index (χ2n) is 6.79. The van der Waals surface area contributed by atoms with Crippen LogP contribution in [0.2, 0.25) is 5.02 Å². The zero-order valence-corrected chi connectivity index (χ0v) is 18.1.